The number of aryl methyl sites for hydroxylation is 1. The summed E-state index contributed by atoms with van der Waals surface area (Å²) >= 11 is 0. The van der Waals surface area contributed by atoms with Crippen LogP contribution in [0.3, 0.4) is 0 Å². The molecule has 1 aromatic heterocycles. The fraction of sp³-hybridized carbons (Fsp3) is 0.263. The van der Waals surface area contributed by atoms with E-state index in [2.05, 4.69) is 21.8 Å². The van der Waals surface area contributed by atoms with E-state index >= 15 is 0 Å². The normalized spacial score (nSPS) is 10.6. The van der Waals surface area contributed by atoms with E-state index in [0.717, 1.165) is 23.4 Å². The number of carbonyl (C=O) groups is 1. The van der Waals surface area contributed by atoms with Crippen LogP contribution < -0.4 is 14.8 Å². The largest absolute Gasteiger partial charge is 0.493 e. The number of ether oxygens (including phenoxy) is 2. The van der Waals surface area contributed by atoms with Crippen LogP contribution in [-0.4, -0.2) is 29.2 Å². The van der Waals surface area contributed by atoms with Gasteiger partial charge in [-0.3, -0.25) is 4.79 Å². The van der Waals surface area contributed by atoms with Crippen LogP contribution in [0.5, 0.6) is 11.5 Å². The third-order valence-electron chi connectivity index (χ3n) is 3.92. The van der Waals surface area contributed by atoms with Gasteiger partial charge < -0.3 is 19.4 Å². The number of aromatic nitrogens is 2. The van der Waals surface area contributed by atoms with Gasteiger partial charge in [-0.15, -0.1) is 0 Å². The van der Waals surface area contributed by atoms with Crippen molar-refractivity contribution in [1.29, 1.82) is 0 Å². The zero-order valence-corrected chi connectivity index (χ0v) is 14.4. The molecule has 3 aromatic rings. The molecule has 1 amide bonds. The highest BCUT2D eigenvalue weighted by atomic mass is 16.5. The van der Waals surface area contributed by atoms with Crippen LogP contribution in [0.1, 0.15) is 12.7 Å². The topological polar surface area (TPSA) is 65.4 Å². The van der Waals surface area contributed by atoms with Gasteiger partial charge in [0.1, 0.15) is 5.82 Å². The maximum absolute atomic E-state index is 12.1. The van der Waals surface area contributed by atoms with E-state index in [4.69, 9.17) is 9.47 Å². The lowest BCUT2D eigenvalue weighted by atomic mass is 10.3. The number of hydrogen-bond donors (Lipinski definition) is 1. The molecule has 6 nitrogen and oxygen atoms in total. The number of para-hydroxylation sites is 4. The molecule has 3 rings (SSSR count). The molecule has 0 bridgehead atoms. The number of fused-ring (bicyclic) bond motifs is 1. The second-order valence-electron chi connectivity index (χ2n) is 5.48. The molecule has 0 aliphatic carbocycles. The first kappa shape index (κ1) is 16.8. The van der Waals surface area contributed by atoms with Crippen molar-refractivity contribution in [2.45, 2.75) is 20.0 Å². The maximum atomic E-state index is 12.1. The molecular formula is C19H21N3O3. The van der Waals surface area contributed by atoms with E-state index in [0.29, 0.717) is 18.0 Å². The van der Waals surface area contributed by atoms with Gasteiger partial charge in [0.05, 0.1) is 24.7 Å². The van der Waals surface area contributed by atoms with E-state index in [-0.39, 0.29) is 12.5 Å². The van der Waals surface area contributed by atoms with Crippen molar-refractivity contribution in [3.8, 4) is 11.5 Å². The number of benzene rings is 2. The molecule has 0 radical (unpaired) electrons. The molecule has 0 saturated heterocycles. The predicted molar refractivity (Wildman–Crippen MR) is 95.7 cm³/mol. The number of amides is 1. The molecule has 1 N–H and O–H groups in total. The molecule has 0 atom stereocenters. The van der Waals surface area contributed by atoms with Crippen LogP contribution in [0.2, 0.25) is 0 Å². The van der Waals surface area contributed by atoms with Crippen molar-refractivity contribution >= 4 is 16.9 Å². The highest BCUT2D eigenvalue weighted by Crippen LogP contribution is 2.25. The fourth-order valence-electron chi connectivity index (χ4n) is 2.72. The molecule has 6 heteroatoms. The van der Waals surface area contributed by atoms with Crippen LogP contribution >= 0.6 is 0 Å². The number of nitrogens with one attached hydrogen (secondary N) is 1. The molecule has 0 unspecified atom stereocenters. The first-order chi connectivity index (χ1) is 12.2. The Morgan fingerprint density at radius 2 is 1.84 bits per heavy atom. The van der Waals surface area contributed by atoms with E-state index in [1.54, 1.807) is 19.2 Å². The zero-order valence-electron chi connectivity index (χ0n) is 14.4. The van der Waals surface area contributed by atoms with Gasteiger partial charge in [-0.25, -0.2) is 4.98 Å². The van der Waals surface area contributed by atoms with Gasteiger partial charge in [-0.2, -0.15) is 0 Å². The summed E-state index contributed by atoms with van der Waals surface area (Å²) in [5.41, 5.74) is 2.00. The minimum absolute atomic E-state index is 0.0767. The van der Waals surface area contributed by atoms with Gasteiger partial charge in [-0.1, -0.05) is 24.3 Å². The Morgan fingerprint density at radius 1 is 1.12 bits per heavy atom. The summed E-state index contributed by atoms with van der Waals surface area (Å²) in [6.45, 7) is 3.14. The van der Waals surface area contributed by atoms with Crippen LogP contribution in [0.15, 0.2) is 48.5 Å². The lowest BCUT2D eigenvalue weighted by molar-refractivity contribution is -0.123. The third-order valence-corrected chi connectivity index (χ3v) is 3.92. The molecule has 0 saturated carbocycles. The smallest absolute Gasteiger partial charge is 0.258 e. The van der Waals surface area contributed by atoms with Gasteiger partial charge >= 0.3 is 0 Å². The second-order valence-corrected chi connectivity index (χ2v) is 5.48. The number of methoxy groups -OCH3 is 1. The fourth-order valence-corrected chi connectivity index (χ4v) is 2.72. The number of rotatable bonds is 7. The molecule has 0 fully saturated rings. The number of nitrogens with zero attached hydrogens (tertiary/aromatic N) is 2. The number of imidazole rings is 1. The van der Waals surface area contributed by atoms with Crippen molar-refractivity contribution in [3.05, 3.63) is 54.4 Å². The van der Waals surface area contributed by atoms with Gasteiger partial charge in [0.25, 0.3) is 5.91 Å². The van der Waals surface area contributed by atoms with Crippen LogP contribution in [0.25, 0.3) is 11.0 Å². The lowest BCUT2D eigenvalue weighted by Gasteiger charge is -2.11. The molecule has 0 aliphatic heterocycles. The van der Waals surface area contributed by atoms with E-state index in [1.165, 1.54) is 0 Å². The van der Waals surface area contributed by atoms with Crippen LogP contribution in [0.4, 0.5) is 0 Å². The summed E-state index contributed by atoms with van der Waals surface area (Å²) in [6, 6.07) is 15.2. The summed E-state index contributed by atoms with van der Waals surface area (Å²) in [4.78, 5) is 16.7. The van der Waals surface area contributed by atoms with Crippen molar-refractivity contribution in [2.75, 3.05) is 13.7 Å². The Balaban J connectivity index is 1.61. The van der Waals surface area contributed by atoms with Crippen LogP contribution in [0, 0.1) is 0 Å². The SMILES string of the molecule is CCn1c(CNC(=O)COc2ccccc2OC)nc2ccccc21. The summed E-state index contributed by atoms with van der Waals surface area (Å²) in [5, 5.41) is 2.85. The lowest BCUT2D eigenvalue weighted by Crippen LogP contribution is -2.29. The summed E-state index contributed by atoms with van der Waals surface area (Å²) in [7, 11) is 1.57. The Kier molecular flexibility index (Phi) is 5.18. The third kappa shape index (κ3) is 3.74. The van der Waals surface area contributed by atoms with Crippen molar-refractivity contribution < 1.29 is 14.3 Å². The highest BCUT2D eigenvalue weighted by Gasteiger charge is 2.11. The van der Waals surface area contributed by atoms with Gasteiger partial charge in [0.15, 0.2) is 18.1 Å². The molecular weight excluding hydrogens is 318 g/mol. The van der Waals surface area contributed by atoms with Crippen molar-refractivity contribution in [3.63, 3.8) is 0 Å². The Bertz CT molecular complexity index is 873. The standard InChI is InChI=1S/C19H21N3O3/c1-3-22-15-9-5-4-8-14(15)21-18(22)12-20-19(23)13-25-17-11-7-6-10-16(17)24-2/h4-11H,3,12-13H2,1-2H3,(H,20,23). The quantitative estimate of drug-likeness (QED) is 0.719. The van der Waals surface area contributed by atoms with E-state index in [1.807, 2.05) is 36.4 Å². The predicted octanol–water partition coefficient (Wildman–Crippen LogP) is 2.76. The monoisotopic (exact) mass is 339 g/mol. The second kappa shape index (κ2) is 7.70. The van der Waals surface area contributed by atoms with Gasteiger partial charge in [0, 0.05) is 6.54 Å². The van der Waals surface area contributed by atoms with E-state index < -0.39 is 0 Å². The molecule has 0 spiro atoms. The molecule has 130 valence electrons. The zero-order chi connectivity index (χ0) is 17.6. The molecule has 0 aliphatic rings. The van der Waals surface area contributed by atoms with Gasteiger partial charge in [0.2, 0.25) is 0 Å². The number of hydrogen-bond acceptors (Lipinski definition) is 4. The van der Waals surface area contributed by atoms with Crippen LogP contribution in [-0.2, 0) is 17.9 Å². The summed E-state index contributed by atoms with van der Waals surface area (Å²) in [6.07, 6.45) is 0. The minimum atomic E-state index is -0.208. The molecule has 2 aromatic carbocycles. The summed E-state index contributed by atoms with van der Waals surface area (Å²) < 4.78 is 12.8. The Morgan fingerprint density at radius 3 is 2.60 bits per heavy atom. The maximum Gasteiger partial charge on any atom is 0.258 e. The van der Waals surface area contributed by atoms with E-state index in [9.17, 15) is 4.79 Å². The Labute approximate surface area is 146 Å². The first-order valence-corrected chi connectivity index (χ1v) is 8.19. The summed E-state index contributed by atoms with van der Waals surface area (Å²) in [5.74, 6) is 1.76. The molecule has 1 heterocycles. The molecule has 25 heavy (non-hydrogen) atoms. The number of carbonyl (C=O) groups excluding carboxylic acids is 1. The van der Waals surface area contributed by atoms with Gasteiger partial charge in [-0.05, 0) is 31.2 Å². The highest BCUT2D eigenvalue weighted by molar-refractivity contribution is 5.78. The minimum Gasteiger partial charge on any atom is -0.493 e. The Hall–Kier alpha value is -3.02. The first-order valence-electron chi connectivity index (χ1n) is 8.19. The van der Waals surface area contributed by atoms with Crippen molar-refractivity contribution in [1.82, 2.24) is 14.9 Å². The van der Waals surface area contributed by atoms with Crippen molar-refractivity contribution in [2.24, 2.45) is 0 Å². The average Bonchev–Trinajstić information content (AvgIpc) is 3.02. The average molecular weight is 339 g/mol.